The van der Waals surface area contributed by atoms with Crippen molar-refractivity contribution in [2.24, 2.45) is 0 Å². The number of sulfonamides is 1. The highest BCUT2D eigenvalue weighted by Gasteiger charge is 2.26. The smallest absolute Gasteiger partial charge is 0.241 e. The van der Waals surface area contributed by atoms with Crippen LogP contribution in [0.15, 0.2) is 65.6 Å². The van der Waals surface area contributed by atoms with Crippen LogP contribution in [0.25, 0.3) is 10.8 Å². The van der Waals surface area contributed by atoms with Crippen LogP contribution in [0, 0.1) is 5.82 Å². The first-order valence-corrected chi connectivity index (χ1v) is 10.6. The van der Waals surface area contributed by atoms with Crippen LogP contribution in [0.2, 0.25) is 0 Å². The van der Waals surface area contributed by atoms with Gasteiger partial charge in [-0.3, -0.25) is 4.79 Å². The highest BCUT2D eigenvalue weighted by Crippen LogP contribution is 2.31. The predicted molar refractivity (Wildman–Crippen MR) is 113 cm³/mol. The van der Waals surface area contributed by atoms with E-state index >= 15 is 0 Å². The number of benzene rings is 3. The van der Waals surface area contributed by atoms with Crippen molar-refractivity contribution in [3.63, 3.8) is 0 Å². The minimum Gasteiger partial charge on any atom is -0.377 e. The lowest BCUT2D eigenvalue weighted by Crippen LogP contribution is -2.41. The van der Waals surface area contributed by atoms with Crippen LogP contribution < -0.4 is 9.62 Å². The number of Topliss-reactive ketones (excluding diaryl/α,β-unsaturated/α-hetero) is 1. The minimum atomic E-state index is -3.99. The highest BCUT2D eigenvalue weighted by molar-refractivity contribution is 7.89. The standard InChI is InChI=1S/C22H23FN2O3S/c1-15(26)20(14-16-7-6-8-17(23)13-16)24-29(27,28)22-12-11-21(25(2)3)18-9-4-5-10-19(18)22/h4-13,20,24H,14H2,1-3H3/t20-/m1/s1. The SMILES string of the molecule is CC(=O)[C@@H](Cc1cccc(F)c1)NS(=O)(=O)c1ccc(N(C)C)c2ccccc12. The molecule has 29 heavy (non-hydrogen) atoms. The van der Waals surface area contributed by atoms with E-state index in [0.29, 0.717) is 10.9 Å². The molecule has 0 aliphatic carbocycles. The molecule has 0 aliphatic rings. The fraction of sp³-hybridized carbons (Fsp3) is 0.227. The number of hydrogen-bond acceptors (Lipinski definition) is 4. The molecule has 5 nitrogen and oxygen atoms in total. The molecular weight excluding hydrogens is 391 g/mol. The molecular formula is C22H23FN2O3S. The van der Waals surface area contributed by atoms with Crippen LogP contribution in [-0.2, 0) is 21.2 Å². The Labute approximate surface area is 170 Å². The zero-order valence-electron chi connectivity index (χ0n) is 16.5. The summed E-state index contributed by atoms with van der Waals surface area (Å²) in [5.74, 6) is -0.773. The molecule has 3 aromatic carbocycles. The number of rotatable bonds is 7. The lowest BCUT2D eigenvalue weighted by molar-refractivity contribution is -0.118. The van der Waals surface area contributed by atoms with E-state index in [1.807, 2.05) is 31.1 Å². The van der Waals surface area contributed by atoms with Gasteiger partial charge in [0, 0.05) is 30.6 Å². The fourth-order valence-corrected chi connectivity index (χ4v) is 4.76. The molecule has 0 saturated carbocycles. The summed E-state index contributed by atoms with van der Waals surface area (Å²) in [6.45, 7) is 1.32. The molecule has 3 aromatic rings. The molecule has 0 spiro atoms. The summed E-state index contributed by atoms with van der Waals surface area (Å²) in [5.41, 5.74) is 1.43. The van der Waals surface area contributed by atoms with Crippen molar-refractivity contribution in [1.82, 2.24) is 4.72 Å². The van der Waals surface area contributed by atoms with E-state index in [0.717, 1.165) is 11.1 Å². The maximum Gasteiger partial charge on any atom is 0.241 e. The Morgan fingerprint density at radius 1 is 1.03 bits per heavy atom. The normalized spacial score (nSPS) is 12.7. The number of hydrogen-bond donors (Lipinski definition) is 1. The second-order valence-corrected chi connectivity index (χ2v) is 8.82. The van der Waals surface area contributed by atoms with Crippen LogP contribution in [0.4, 0.5) is 10.1 Å². The molecule has 0 aliphatic heterocycles. The molecule has 3 rings (SSSR count). The molecule has 0 radical (unpaired) electrons. The highest BCUT2D eigenvalue weighted by atomic mass is 32.2. The maximum absolute atomic E-state index is 13.5. The Morgan fingerprint density at radius 2 is 1.72 bits per heavy atom. The van der Waals surface area contributed by atoms with Crippen molar-refractivity contribution in [1.29, 1.82) is 0 Å². The predicted octanol–water partition coefficient (Wildman–Crippen LogP) is 3.52. The summed E-state index contributed by atoms with van der Waals surface area (Å²) >= 11 is 0. The van der Waals surface area contributed by atoms with Gasteiger partial charge >= 0.3 is 0 Å². The Hall–Kier alpha value is -2.77. The number of ketones is 1. The molecule has 0 heterocycles. The number of anilines is 1. The monoisotopic (exact) mass is 414 g/mol. The van der Waals surface area contributed by atoms with Gasteiger partial charge in [-0.25, -0.2) is 17.5 Å². The van der Waals surface area contributed by atoms with E-state index in [4.69, 9.17) is 0 Å². The van der Waals surface area contributed by atoms with Crippen LogP contribution in [-0.4, -0.2) is 34.3 Å². The van der Waals surface area contributed by atoms with Gasteiger partial charge < -0.3 is 4.90 Å². The number of halogens is 1. The lowest BCUT2D eigenvalue weighted by Gasteiger charge is -2.20. The van der Waals surface area contributed by atoms with Crippen molar-refractivity contribution in [2.45, 2.75) is 24.3 Å². The Balaban J connectivity index is 1.99. The molecule has 1 atom stereocenters. The summed E-state index contributed by atoms with van der Waals surface area (Å²) in [6, 6.07) is 15.3. The van der Waals surface area contributed by atoms with E-state index in [9.17, 15) is 17.6 Å². The summed E-state index contributed by atoms with van der Waals surface area (Å²) in [4.78, 5) is 14.1. The van der Waals surface area contributed by atoms with E-state index in [2.05, 4.69) is 4.72 Å². The zero-order chi connectivity index (χ0) is 21.2. The third kappa shape index (κ3) is 4.63. The summed E-state index contributed by atoms with van der Waals surface area (Å²) in [7, 11) is -0.211. The van der Waals surface area contributed by atoms with Gasteiger partial charge in [0.2, 0.25) is 10.0 Å². The van der Waals surface area contributed by atoms with Crippen molar-refractivity contribution in [2.75, 3.05) is 19.0 Å². The first-order chi connectivity index (χ1) is 13.7. The molecule has 0 bridgehead atoms. The molecule has 7 heteroatoms. The minimum absolute atomic E-state index is 0.0695. The van der Waals surface area contributed by atoms with Gasteiger partial charge in [-0.2, -0.15) is 0 Å². The van der Waals surface area contributed by atoms with Crippen LogP contribution >= 0.6 is 0 Å². The van der Waals surface area contributed by atoms with Gasteiger partial charge in [-0.15, -0.1) is 0 Å². The van der Waals surface area contributed by atoms with Crippen molar-refractivity contribution < 1.29 is 17.6 Å². The molecule has 0 unspecified atom stereocenters. The number of carbonyl (C=O) groups excluding carboxylic acids is 1. The molecule has 0 fully saturated rings. The molecule has 0 saturated heterocycles. The first-order valence-electron chi connectivity index (χ1n) is 9.15. The topological polar surface area (TPSA) is 66.5 Å². The molecule has 0 amide bonds. The average molecular weight is 415 g/mol. The number of carbonyl (C=O) groups is 1. The van der Waals surface area contributed by atoms with Crippen LogP contribution in [0.3, 0.4) is 0 Å². The molecule has 152 valence electrons. The number of nitrogens with one attached hydrogen (secondary N) is 1. The maximum atomic E-state index is 13.5. The van der Waals surface area contributed by atoms with E-state index < -0.39 is 21.9 Å². The van der Waals surface area contributed by atoms with E-state index in [1.54, 1.807) is 30.3 Å². The van der Waals surface area contributed by atoms with Gasteiger partial charge in [-0.05, 0) is 43.2 Å². The average Bonchev–Trinajstić information content (AvgIpc) is 2.66. The number of nitrogens with zero attached hydrogens (tertiary/aromatic N) is 1. The number of fused-ring (bicyclic) bond motifs is 1. The Bertz CT molecular complexity index is 1160. The Morgan fingerprint density at radius 3 is 2.34 bits per heavy atom. The van der Waals surface area contributed by atoms with Gasteiger partial charge in [0.05, 0.1) is 10.9 Å². The second-order valence-electron chi connectivity index (χ2n) is 7.14. The van der Waals surface area contributed by atoms with Crippen LogP contribution in [0.1, 0.15) is 12.5 Å². The van der Waals surface area contributed by atoms with E-state index in [-0.39, 0.29) is 17.1 Å². The quantitative estimate of drug-likeness (QED) is 0.642. The van der Waals surface area contributed by atoms with Gasteiger partial charge in [0.1, 0.15) is 11.6 Å². The van der Waals surface area contributed by atoms with E-state index in [1.165, 1.54) is 25.1 Å². The molecule has 1 N–H and O–H groups in total. The van der Waals surface area contributed by atoms with Crippen molar-refractivity contribution in [3.8, 4) is 0 Å². The summed E-state index contributed by atoms with van der Waals surface area (Å²) in [6.07, 6.45) is 0.0695. The third-order valence-electron chi connectivity index (χ3n) is 4.75. The zero-order valence-corrected chi connectivity index (χ0v) is 17.3. The fourth-order valence-electron chi connectivity index (χ4n) is 3.30. The summed E-state index contributed by atoms with van der Waals surface area (Å²) < 4.78 is 42.3. The Kier molecular flexibility index (Phi) is 6.00. The van der Waals surface area contributed by atoms with Crippen molar-refractivity contribution >= 4 is 32.3 Å². The second kappa shape index (κ2) is 8.31. The van der Waals surface area contributed by atoms with Crippen molar-refractivity contribution in [3.05, 3.63) is 72.0 Å². The largest absolute Gasteiger partial charge is 0.377 e. The third-order valence-corrected chi connectivity index (χ3v) is 6.28. The lowest BCUT2D eigenvalue weighted by atomic mass is 10.0. The van der Waals surface area contributed by atoms with Crippen LogP contribution in [0.5, 0.6) is 0 Å². The molecule has 0 aromatic heterocycles. The van der Waals surface area contributed by atoms with Gasteiger partial charge in [0.15, 0.2) is 0 Å². The van der Waals surface area contributed by atoms with Gasteiger partial charge in [0.25, 0.3) is 0 Å². The first kappa shape index (κ1) is 21.0. The summed E-state index contributed by atoms with van der Waals surface area (Å²) in [5, 5.41) is 1.36. The van der Waals surface area contributed by atoms with Gasteiger partial charge in [-0.1, -0.05) is 36.4 Å².